The Bertz CT molecular complexity index is 471. The summed E-state index contributed by atoms with van der Waals surface area (Å²) in [5, 5.41) is 3.35. The maximum atomic E-state index is 11.9. The molecule has 0 bridgehead atoms. The fourth-order valence-electron chi connectivity index (χ4n) is 1.65. The molecular weight excluding hydrogens is 276 g/mol. The number of anilines is 1. The summed E-state index contributed by atoms with van der Waals surface area (Å²) in [6, 6.07) is 1.74. The highest BCUT2D eigenvalue weighted by molar-refractivity contribution is 7.16. The van der Waals surface area contributed by atoms with Crippen molar-refractivity contribution in [2.45, 2.75) is 33.6 Å². The van der Waals surface area contributed by atoms with Crippen molar-refractivity contribution in [3.05, 3.63) is 16.5 Å². The standard InChI is InChI=1S/C14H22N2O3S/c1-4-19-14(18)11-7-10(3)20-13(11)16-12(17)6-5-9(2)8-15/h7,9H,4-6,8,15H2,1-3H3,(H,16,17). The molecule has 0 aliphatic rings. The van der Waals surface area contributed by atoms with E-state index in [1.54, 1.807) is 13.0 Å². The first-order chi connectivity index (χ1) is 9.47. The monoisotopic (exact) mass is 298 g/mol. The van der Waals surface area contributed by atoms with E-state index in [-0.39, 0.29) is 5.91 Å². The SMILES string of the molecule is CCOC(=O)c1cc(C)sc1NC(=O)CCC(C)CN. The molecule has 0 saturated carbocycles. The van der Waals surface area contributed by atoms with Gasteiger partial charge in [-0.15, -0.1) is 11.3 Å². The van der Waals surface area contributed by atoms with Gasteiger partial charge in [-0.05, 0) is 38.8 Å². The van der Waals surface area contributed by atoms with E-state index in [1.165, 1.54) is 11.3 Å². The number of esters is 1. The van der Waals surface area contributed by atoms with E-state index in [0.717, 1.165) is 11.3 Å². The van der Waals surface area contributed by atoms with Gasteiger partial charge >= 0.3 is 5.97 Å². The fraction of sp³-hybridized carbons (Fsp3) is 0.571. The Balaban J connectivity index is 2.67. The minimum absolute atomic E-state index is 0.0994. The summed E-state index contributed by atoms with van der Waals surface area (Å²) < 4.78 is 4.98. The maximum absolute atomic E-state index is 11.9. The Morgan fingerprint density at radius 3 is 2.80 bits per heavy atom. The smallest absolute Gasteiger partial charge is 0.341 e. The number of ether oxygens (including phenoxy) is 1. The molecule has 1 atom stereocenters. The third-order valence-electron chi connectivity index (χ3n) is 2.87. The second-order valence-electron chi connectivity index (χ2n) is 4.75. The largest absolute Gasteiger partial charge is 0.462 e. The Morgan fingerprint density at radius 2 is 2.20 bits per heavy atom. The molecule has 0 saturated heterocycles. The summed E-state index contributed by atoms with van der Waals surface area (Å²) in [5.41, 5.74) is 5.95. The van der Waals surface area contributed by atoms with Crippen molar-refractivity contribution in [3.8, 4) is 0 Å². The van der Waals surface area contributed by atoms with Crippen LogP contribution in [-0.2, 0) is 9.53 Å². The fourth-order valence-corrected chi connectivity index (χ4v) is 2.57. The molecule has 20 heavy (non-hydrogen) atoms. The molecular formula is C14H22N2O3S. The van der Waals surface area contributed by atoms with Gasteiger partial charge in [-0.1, -0.05) is 6.92 Å². The molecule has 0 radical (unpaired) electrons. The predicted octanol–water partition coefficient (Wildman–Crippen LogP) is 2.55. The van der Waals surface area contributed by atoms with Crippen molar-refractivity contribution in [1.29, 1.82) is 0 Å². The molecule has 0 spiro atoms. The summed E-state index contributed by atoms with van der Waals surface area (Å²) in [7, 11) is 0. The molecule has 0 aliphatic carbocycles. The highest BCUT2D eigenvalue weighted by Gasteiger charge is 2.17. The third kappa shape index (κ3) is 4.94. The normalized spacial score (nSPS) is 12.0. The number of nitrogens with two attached hydrogens (primary N) is 1. The lowest BCUT2D eigenvalue weighted by molar-refractivity contribution is -0.116. The molecule has 0 fully saturated rings. The number of carbonyl (C=O) groups is 2. The van der Waals surface area contributed by atoms with Gasteiger partial charge in [0.1, 0.15) is 5.00 Å². The van der Waals surface area contributed by atoms with Crippen LogP contribution in [0.4, 0.5) is 5.00 Å². The number of aryl methyl sites for hydroxylation is 1. The first-order valence-electron chi connectivity index (χ1n) is 6.75. The van der Waals surface area contributed by atoms with Gasteiger partial charge in [-0.3, -0.25) is 4.79 Å². The lowest BCUT2D eigenvalue weighted by atomic mass is 10.1. The molecule has 6 heteroatoms. The molecule has 1 rings (SSSR count). The summed E-state index contributed by atoms with van der Waals surface area (Å²) in [4.78, 5) is 24.6. The van der Waals surface area contributed by atoms with Gasteiger partial charge < -0.3 is 15.8 Å². The van der Waals surface area contributed by atoms with Gasteiger partial charge in [0.05, 0.1) is 12.2 Å². The molecule has 0 aromatic carbocycles. The first kappa shape index (κ1) is 16.7. The van der Waals surface area contributed by atoms with Crippen molar-refractivity contribution >= 4 is 28.2 Å². The second kappa shape index (κ2) is 8.01. The lowest BCUT2D eigenvalue weighted by Gasteiger charge is -2.09. The van der Waals surface area contributed by atoms with Crippen LogP contribution >= 0.6 is 11.3 Å². The average Bonchev–Trinajstić information content (AvgIpc) is 2.77. The molecule has 112 valence electrons. The number of rotatable bonds is 7. The zero-order valence-electron chi connectivity index (χ0n) is 12.2. The number of thiophene rings is 1. The van der Waals surface area contributed by atoms with Gasteiger partial charge in [-0.25, -0.2) is 4.79 Å². The number of hydrogen-bond donors (Lipinski definition) is 2. The van der Waals surface area contributed by atoms with E-state index in [0.29, 0.717) is 36.1 Å². The van der Waals surface area contributed by atoms with Crippen molar-refractivity contribution < 1.29 is 14.3 Å². The highest BCUT2D eigenvalue weighted by Crippen LogP contribution is 2.28. The van der Waals surface area contributed by atoms with Crippen LogP contribution in [0.2, 0.25) is 0 Å². The number of carbonyl (C=O) groups excluding carboxylic acids is 2. The molecule has 1 heterocycles. The van der Waals surface area contributed by atoms with Gasteiger partial charge in [0, 0.05) is 11.3 Å². The van der Waals surface area contributed by atoms with Crippen LogP contribution in [0.15, 0.2) is 6.07 Å². The topological polar surface area (TPSA) is 81.4 Å². The van der Waals surface area contributed by atoms with E-state index in [1.807, 2.05) is 13.8 Å². The number of hydrogen-bond acceptors (Lipinski definition) is 5. The summed E-state index contributed by atoms with van der Waals surface area (Å²) in [6.45, 7) is 6.53. The van der Waals surface area contributed by atoms with Gasteiger partial charge in [0.25, 0.3) is 0 Å². The Hall–Kier alpha value is -1.40. The average molecular weight is 298 g/mol. The second-order valence-corrected chi connectivity index (χ2v) is 6.00. The van der Waals surface area contributed by atoms with Crippen LogP contribution in [0, 0.1) is 12.8 Å². The van der Waals surface area contributed by atoms with E-state index < -0.39 is 5.97 Å². The summed E-state index contributed by atoms with van der Waals surface area (Å²) in [6.07, 6.45) is 1.14. The maximum Gasteiger partial charge on any atom is 0.341 e. The van der Waals surface area contributed by atoms with Crippen molar-refractivity contribution in [2.24, 2.45) is 11.7 Å². The zero-order chi connectivity index (χ0) is 15.1. The van der Waals surface area contributed by atoms with Crippen LogP contribution in [-0.4, -0.2) is 25.0 Å². The van der Waals surface area contributed by atoms with E-state index >= 15 is 0 Å². The molecule has 5 nitrogen and oxygen atoms in total. The van der Waals surface area contributed by atoms with E-state index in [9.17, 15) is 9.59 Å². The highest BCUT2D eigenvalue weighted by atomic mass is 32.1. The Kier molecular flexibility index (Phi) is 6.67. The first-order valence-corrected chi connectivity index (χ1v) is 7.57. The minimum Gasteiger partial charge on any atom is -0.462 e. The van der Waals surface area contributed by atoms with Gasteiger partial charge in [0.2, 0.25) is 5.91 Å². The number of nitrogens with one attached hydrogen (secondary N) is 1. The quantitative estimate of drug-likeness (QED) is 0.758. The molecule has 1 aromatic heterocycles. The summed E-state index contributed by atoms with van der Waals surface area (Å²) in [5.74, 6) is -0.185. The molecule has 1 aromatic rings. The van der Waals surface area contributed by atoms with Crippen LogP contribution in [0.3, 0.4) is 0 Å². The lowest BCUT2D eigenvalue weighted by Crippen LogP contribution is -2.17. The van der Waals surface area contributed by atoms with Crippen molar-refractivity contribution in [3.63, 3.8) is 0 Å². The third-order valence-corrected chi connectivity index (χ3v) is 3.84. The van der Waals surface area contributed by atoms with Crippen LogP contribution in [0.5, 0.6) is 0 Å². The van der Waals surface area contributed by atoms with Crippen LogP contribution < -0.4 is 11.1 Å². The molecule has 1 amide bonds. The molecule has 0 aliphatic heterocycles. The Labute approximate surface area is 123 Å². The van der Waals surface area contributed by atoms with Crippen molar-refractivity contribution in [2.75, 3.05) is 18.5 Å². The zero-order valence-corrected chi connectivity index (χ0v) is 13.0. The predicted molar refractivity (Wildman–Crippen MR) is 81.1 cm³/mol. The van der Waals surface area contributed by atoms with Crippen LogP contribution in [0.1, 0.15) is 41.9 Å². The summed E-state index contributed by atoms with van der Waals surface area (Å²) >= 11 is 1.38. The van der Waals surface area contributed by atoms with E-state index in [4.69, 9.17) is 10.5 Å². The van der Waals surface area contributed by atoms with Gasteiger partial charge in [-0.2, -0.15) is 0 Å². The minimum atomic E-state index is -0.400. The van der Waals surface area contributed by atoms with E-state index in [2.05, 4.69) is 5.32 Å². The van der Waals surface area contributed by atoms with Crippen LogP contribution in [0.25, 0.3) is 0 Å². The Morgan fingerprint density at radius 1 is 1.50 bits per heavy atom. The molecule has 1 unspecified atom stereocenters. The number of amides is 1. The molecule has 3 N–H and O–H groups in total. The van der Waals surface area contributed by atoms with Crippen molar-refractivity contribution in [1.82, 2.24) is 0 Å². The van der Waals surface area contributed by atoms with Gasteiger partial charge in [0.15, 0.2) is 0 Å².